The number of amides is 2. The van der Waals surface area contributed by atoms with E-state index in [1.165, 1.54) is 18.2 Å². The zero-order chi connectivity index (χ0) is 14.3. The molecule has 0 aromatic heterocycles. The summed E-state index contributed by atoms with van der Waals surface area (Å²) in [4.78, 5) is 22.9. The van der Waals surface area contributed by atoms with E-state index in [0.717, 1.165) is 0 Å². The maximum Gasteiger partial charge on any atom is 0.258 e. The van der Waals surface area contributed by atoms with Gasteiger partial charge in [-0.15, -0.1) is 0 Å². The molecule has 1 aromatic rings. The van der Waals surface area contributed by atoms with E-state index in [4.69, 9.17) is 4.74 Å². The van der Waals surface area contributed by atoms with E-state index in [1.807, 2.05) is 0 Å². The highest BCUT2D eigenvalue weighted by Gasteiger charge is 2.14. The molecule has 0 spiro atoms. The Morgan fingerprint density at radius 2 is 2.16 bits per heavy atom. The highest BCUT2D eigenvalue weighted by atomic mass is 19.1. The van der Waals surface area contributed by atoms with Gasteiger partial charge in [-0.25, -0.2) is 4.39 Å². The predicted octanol–water partition coefficient (Wildman–Crippen LogP) is 0.845. The Morgan fingerprint density at radius 1 is 1.42 bits per heavy atom. The van der Waals surface area contributed by atoms with Crippen LogP contribution in [0, 0.1) is 5.82 Å². The first-order valence-electron chi connectivity index (χ1n) is 5.98. The summed E-state index contributed by atoms with van der Waals surface area (Å²) in [6.07, 6.45) is 0. The van der Waals surface area contributed by atoms with Crippen molar-refractivity contribution in [1.29, 1.82) is 0 Å². The summed E-state index contributed by atoms with van der Waals surface area (Å²) in [5.74, 6) is -0.876. The van der Waals surface area contributed by atoms with Crippen molar-refractivity contribution in [2.45, 2.75) is 19.9 Å². The topological polar surface area (TPSA) is 67.4 Å². The lowest BCUT2D eigenvalue weighted by atomic mass is 10.3. The number of nitrogens with one attached hydrogen (secondary N) is 2. The molecule has 5 nitrogen and oxygen atoms in total. The Hall–Kier alpha value is -2.11. The summed E-state index contributed by atoms with van der Waals surface area (Å²) in [6.45, 7) is 3.59. The van der Waals surface area contributed by atoms with Crippen molar-refractivity contribution < 1.29 is 18.7 Å². The number of ether oxygens (including phenoxy) is 1. The molecule has 0 aliphatic heterocycles. The summed E-state index contributed by atoms with van der Waals surface area (Å²) < 4.78 is 18.0. The van der Waals surface area contributed by atoms with E-state index < -0.39 is 17.8 Å². The minimum Gasteiger partial charge on any atom is -0.484 e. The van der Waals surface area contributed by atoms with Gasteiger partial charge in [-0.2, -0.15) is 0 Å². The predicted molar refractivity (Wildman–Crippen MR) is 68.2 cm³/mol. The van der Waals surface area contributed by atoms with Crippen molar-refractivity contribution in [3.8, 4) is 5.75 Å². The molecule has 0 unspecified atom stereocenters. The first kappa shape index (κ1) is 14.9. The SMILES string of the molecule is CCNC(=O)[C@@H](C)NC(=O)COc1cccc(F)c1. The molecule has 19 heavy (non-hydrogen) atoms. The Bertz CT molecular complexity index is 451. The van der Waals surface area contributed by atoms with E-state index in [9.17, 15) is 14.0 Å². The number of rotatable bonds is 6. The maximum atomic E-state index is 12.9. The van der Waals surface area contributed by atoms with Crippen LogP contribution in [0.1, 0.15) is 13.8 Å². The Labute approximate surface area is 111 Å². The van der Waals surface area contributed by atoms with Crippen molar-refractivity contribution in [2.24, 2.45) is 0 Å². The molecule has 0 fully saturated rings. The molecule has 0 aliphatic carbocycles. The van der Waals surface area contributed by atoms with Crippen LogP contribution in [-0.2, 0) is 9.59 Å². The summed E-state index contributed by atoms with van der Waals surface area (Å²) in [5.41, 5.74) is 0. The molecule has 1 rings (SSSR count). The van der Waals surface area contributed by atoms with E-state index in [2.05, 4.69) is 10.6 Å². The quantitative estimate of drug-likeness (QED) is 0.803. The van der Waals surface area contributed by atoms with Crippen molar-refractivity contribution >= 4 is 11.8 Å². The van der Waals surface area contributed by atoms with Gasteiger partial charge < -0.3 is 15.4 Å². The minimum absolute atomic E-state index is 0.262. The smallest absolute Gasteiger partial charge is 0.258 e. The Morgan fingerprint density at radius 3 is 2.79 bits per heavy atom. The highest BCUT2D eigenvalue weighted by molar-refractivity contribution is 5.87. The molecule has 104 valence electrons. The summed E-state index contributed by atoms with van der Waals surface area (Å²) in [6, 6.07) is 4.86. The molecule has 2 amide bonds. The van der Waals surface area contributed by atoms with Crippen LogP contribution in [0.3, 0.4) is 0 Å². The van der Waals surface area contributed by atoms with Gasteiger partial charge >= 0.3 is 0 Å². The van der Waals surface area contributed by atoms with Gasteiger partial charge in [-0.1, -0.05) is 6.07 Å². The molecule has 0 saturated heterocycles. The van der Waals surface area contributed by atoms with Gasteiger partial charge in [-0.05, 0) is 26.0 Å². The van der Waals surface area contributed by atoms with E-state index in [0.29, 0.717) is 6.54 Å². The fourth-order valence-corrected chi connectivity index (χ4v) is 1.38. The van der Waals surface area contributed by atoms with Gasteiger partial charge in [-0.3, -0.25) is 9.59 Å². The number of likely N-dealkylation sites (N-methyl/N-ethyl adjacent to an activating group) is 1. The van der Waals surface area contributed by atoms with Crippen LogP contribution in [0.4, 0.5) is 4.39 Å². The Kier molecular flexibility index (Phi) is 5.78. The second kappa shape index (κ2) is 7.35. The minimum atomic E-state index is -0.636. The first-order valence-corrected chi connectivity index (χ1v) is 5.98. The molecule has 0 aliphatic rings. The van der Waals surface area contributed by atoms with Gasteiger partial charge in [0.15, 0.2) is 6.61 Å². The molecular formula is C13H17FN2O3. The van der Waals surface area contributed by atoms with Gasteiger partial charge in [0.2, 0.25) is 5.91 Å². The van der Waals surface area contributed by atoms with Gasteiger partial charge in [0.25, 0.3) is 5.91 Å². The summed E-state index contributed by atoms with van der Waals surface area (Å²) in [7, 11) is 0. The van der Waals surface area contributed by atoms with Crippen LogP contribution in [0.2, 0.25) is 0 Å². The van der Waals surface area contributed by atoms with Crippen molar-refractivity contribution in [3.05, 3.63) is 30.1 Å². The number of benzene rings is 1. The second-order valence-electron chi connectivity index (χ2n) is 3.93. The monoisotopic (exact) mass is 268 g/mol. The lowest BCUT2D eigenvalue weighted by molar-refractivity contribution is -0.129. The number of hydrogen-bond donors (Lipinski definition) is 2. The summed E-state index contributed by atoms with van der Waals surface area (Å²) >= 11 is 0. The van der Waals surface area contributed by atoms with Gasteiger partial charge in [0.05, 0.1) is 0 Å². The van der Waals surface area contributed by atoms with Gasteiger partial charge in [0, 0.05) is 12.6 Å². The molecular weight excluding hydrogens is 251 g/mol. The molecule has 0 saturated carbocycles. The van der Waals surface area contributed by atoms with E-state index in [-0.39, 0.29) is 18.3 Å². The Balaban J connectivity index is 2.37. The average Bonchev–Trinajstić information content (AvgIpc) is 2.36. The van der Waals surface area contributed by atoms with Crippen molar-refractivity contribution in [1.82, 2.24) is 10.6 Å². The van der Waals surface area contributed by atoms with E-state index >= 15 is 0 Å². The number of halogens is 1. The van der Waals surface area contributed by atoms with Crippen LogP contribution in [0.5, 0.6) is 5.75 Å². The third-order valence-electron chi connectivity index (χ3n) is 2.29. The molecule has 0 heterocycles. The van der Waals surface area contributed by atoms with E-state index in [1.54, 1.807) is 19.9 Å². The lowest BCUT2D eigenvalue weighted by Gasteiger charge is -2.13. The van der Waals surface area contributed by atoms with Gasteiger partial charge in [0.1, 0.15) is 17.6 Å². The van der Waals surface area contributed by atoms with Crippen LogP contribution in [0.25, 0.3) is 0 Å². The molecule has 1 atom stereocenters. The largest absolute Gasteiger partial charge is 0.484 e. The first-order chi connectivity index (χ1) is 9.02. The normalized spacial score (nSPS) is 11.5. The molecule has 1 aromatic carbocycles. The van der Waals surface area contributed by atoms with Crippen LogP contribution < -0.4 is 15.4 Å². The van der Waals surface area contributed by atoms with Crippen LogP contribution in [-0.4, -0.2) is 31.0 Å². The highest BCUT2D eigenvalue weighted by Crippen LogP contribution is 2.11. The molecule has 0 radical (unpaired) electrons. The third-order valence-corrected chi connectivity index (χ3v) is 2.29. The van der Waals surface area contributed by atoms with Crippen LogP contribution >= 0.6 is 0 Å². The third kappa shape index (κ3) is 5.37. The zero-order valence-corrected chi connectivity index (χ0v) is 10.9. The maximum absolute atomic E-state index is 12.9. The fourth-order valence-electron chi connectivity index (χ4n) is 1.38. The van der Waals surface area contributed by atoms with Crippen molar-refractivity contribution in [3.63, 3.8) is 0 Å². The standard InChI is InChI=1S/C13H17FN2O3/c1-3-15-13(18)9(2)16-12(17)8-19-11-6-4-5-10(14)7-11/h4-7,9H,3,8H2,1-2H3,(H,15,18)(H,16,17)/t9-/m1/s1. The summed E-state index contributed by atoms with van der Waals surface area (Å²) in [5, 5.41) is 5.07. The molecule has 6 heteroatoms. The molecule has 0 bridgehead atoms. The number of hydrogen-bond acceptors (Lipinski definition) is 3. The second-order valence-corrected chi connectivity index (χ2v) is 3.93. The van der Waals surface area contributed by atoms with Crippen LogP contribution in [0.15, 0.2) is 24.3 Å². The average molecular weight is 268 g/mol. The lowest BCUT2D eigenvalue weighted by Crippen LogP contribution is -2.46. The number of carbonyl (C=O) groups excluding carboxylic acids is 2. The zero-order valence-electron chi connectivity index (χ0n) is 10.9. The fraction of sp³-hybridized carbons (Fsp3) is 0.385. The molecule has 2 N–H and O–H groups in total. The number of carbonyl (C=O) groups is 2. The van der Waals surface area contributed by atoms with Crippen molar-refractivity contribution in [2.75, 3.05) is 13.2 Å².